The van der Waals surface area contributed by atoms with E-state index in [1.165, 1.54) is 0 Å². The molecule has 1 aromatic rings. The molecule has 16 heavy (non-hydrogen) atoms. The van der Waals surface area contributed by atoms with Crippen molar-refractivity contribution in [2.24, 2.45) is 0 Å². The van der Waals surface area contributed by atoms with Crippen LogP contribution in [-0.4, -0.2) is 23.7 Å². The minimum atomic E-state index is -0.134. The lowest BCUT2D eigenvalue weighted by Gasteiger charge is -2.27. The quantitative estimate of drug-likeness (QED) is 0.804. The van der Waals surface area contributed by atoms with Gasteiger partial charge in [-0.1, -0.05) is 17.7 Å². The van der Waals surface area contributed by atoms with Gasteiger partial charge in [0, 0.05) is 13.2 Å². The van der Waals surface area contributed by atoms with E-state index in [0.29, 0.717) is 5.15 Å². The van der Waals surface area contributed by atoms with Gasteiger partial charge < -0.3 is 10.1 Å². The zero-order valence-electron chi connectivity index (χ0n) is 10.2. The fourth-order valence-electron chi connectivity index (χ4n) is 1.61. The Hall–Kier alpha value is -0.800. The van der Waals surface area contributed by atoms with E-state index in [-0.39, 0.29) is 11.6 Å². The molecule has 1 atom stereocenters. The summed E-state index contributed by atoms with van der Waals surface area (Å²) < 4.78 is 5.38. The Bertz CT molecular complexity index is 342. The molecule has 1 rings (SSSR count). The van der Waals surface area contributed by atoms with E-state index in [1.807, 2.05) is 12.1 Å². The van der Waals surface area contributed by atoms with Crippen LogP contribution in [0.5, 0.6) is 0 Å². The normalized spacial score (nSPS) is 13.6. The SMILES string of the molecule is COC(C)(C)CC(C)Nc1cccc(Cl)n1. The topological polar surface area (TPSA) is 34.1 Å². The van der Waals surface area contributed by atoms with Crippen LogP contribution in [0.15, 0.2) is 18.2 Å². The smallest absolute Gasteiger partial charge is 0.131 e. The van der Waals surface area contributed by atoms with E-state index in [0.717, 1.165) is 12.2 Å². The van der Waals surface area contributed by atoms with Gasteiger partial charge in [-0.2, -0.15) is 0 Å². The van der Waals surface area contributed by atoms with Crippen LogP contribution < -0.4 is 5.32 Å². The standard InChI is InChI=1S/C12H19ClN2O/c1-9(8-12(2,3)16-4)14-11-7-5-6-10(13)15-11/h5-7,9H,8H2,1-4H3,(H,14,15). The summed E-state index contributed by atoms with van der Waals surface area (Å²) in [6.45, 7) is 6.23. The molecule has 0 amide bonds. The minimum absolute atomic E-state index is 0.134. The zero-order valence-corrected chi connectivity index (χ0v) is 11.0. The lowest BCUT2D eigenvalue weighted by molar-refractivity contribution is 0.0128. The van der Waals surface area contributed by atoms with Crippen LogP contribution in [0.3, 0.4) is 0 Å². The summed E-state index contributed by atoms with van der Waals surface area (Å²) in [6.07, 6.45) is 0.900. The van der Waals surface area contributed by atoms with E-state index in [1.54, 1.807) is 13.2 Å². The fourth-order valence-corrected chi connectivity index (χ4v) is 1.78. The summed E-state index contributed by atoms with van der Waals surface area (Å²) in [5.41, 5.74) is -0.134. The molecular weight excluding hydrogens is 224 g/mol. The van der Waals surface area contributed by atoms with Crippen LogP contribution in [0, 0.1) is 0 Å². The Morgan fingerprint density at radius 2 is 2.19 bits per heavy atom. The Morgan fingerprint density at radius 1 is 1.50 bits per heavy atom. The average Bonchev–Trinajstić information content (AvgIpc) is 2.16. The number of aromatic nitrogens is 1. The van der Waals surface area contributed by atoms with Crippen LogP contribution in [0.1, 0.15) is 27.2 Å². The predicted molar refractivity (Wildman–Crippen MR) is 68.0 cm³/mol. The number of anilines is 1. The highest BCUT2D eigenvalue weighted by molar-refractivity contribution is 6.29. The highest BCUT2D eigenvalue weighted by atomic mass is 35.5. The summed E-state index contributed by atoms with van der Waals surface area (Å²) in [6, 6.07) is 5.82. The second-order valence-corrected chi connectivity index (χ2v) is 4.95. The highest BCUT2D eigenvalue weighted by Crippen LogP contribution is 2.18. The van der Waals surface area contributed by atoms with Crippen LogP contribution in [0.4, 0.5) is 5.82 Å². The van der Waals surface area contributed by atoms with Gasteiger partial charge >= 0.3 is 0 Å². The molecule has 3 nitrogen and oxygen atoms in total. The molecule has 0 aliphatic heterocycles. The maximum Gasteiger partial charge on any atom is 0.131 e. The molecule has 1 N–H and O–H groups in total. The van der Waals surface area contributed by atoms with E-state index < -0.39 is 0 Å². The van der Waals surface area contributed by atoms with Crippen LogP contribution in [0.25, 0.3) is 0 Å². The molecule has 0 fully saturated rings. The number of ether oxygens (including phenoxy) is 1. The first-order valence-electron chi connectivity index (χ1n) is 5.37. The van der Waals surface area contributed by atoms with Crippen molar-refractivity contribution in [3.63, 3.8) is 0 Å². The van der Waals surface area contributed by atoms with Gasteiger partial charge in [-0.3, -0.25) is 0 Å². The highest BCUT2D eigenvalue weighted by Gasteiger charge is 2.20. The van der Waals surface area contributed by atoms with Gasteiger partial charge in [-0.05, 0) is 39.3 Å². The van der Waals surface area contributed by atoms with E-state index >= 15 is 0 Å². The first kappa shape index (κ1) is 13.3. The largest absolute Gasteiger partial charge is 0.379 e. The van der Waals surface area contributed by atoms with Gasteiger partial charge in [0.15, 0.2) is 0 Å². The Balaban J connectivity index is 2.55. The van der Waals surface area contributed by atoms with Crippen molar-refractivity contribution in [3.8, 4) is 0 Å². The minimum Gasteiger partial charge on any atom is -0.379 e. The van der Waals surface area contributed by atoms with Gasteiger partial charge in [0.25, 0.3) is 0 Å². The van der Waals surface area contributed by atoms with E-state index in [2.05, 4.69) is 31.1 Å². The summed E-state index contributed by atoms with van der Waals surface area (Å²) >= 11 is 5.81. The van der Waals surface area contributed by atoms with Crippen molar-refractivity contribution >= 4 is 17.4 Å². The van der Waals surface area contributed by atoms with E-state index in [4.69, 9.17) is 16.3 Å². The maximum atomic E-state index is 5.81. The summed E-state index contributed by atoms with van der Waals surface area (Å²) in [5.74, 6) is 0.798. The molecule has 4 heteroatoms. The van der Waals surface area contributed by atoms with Gasteiger partial charge in [0.2, 0.25) is 0 Å². The third-order valence-corrected chi connectivity index (χ3v) is 2.67. The number of pyridine rings is 1. The zero-order chi connectivity index (χ0) is 12.2. The molecule has 1 heterocycles. The lowest BCUT2D eigenvalue weighted by Crippen LogP contribution is -2.31. The molecule has 0 saturated carbocycles. The molecule has 0 radical (unpaired) electrons. The van der Waals surface area contributed by atoms with E-state index in [9.17, 15) is 0 Å². The Morgan fingerprint density at radius 3 is 2.75 bits per heavy atom. The number of hydrogen-bond acceptors (Lipinski definition) is 3. The molecule has 0 bridgehead atoms. The van der Waals surface area contributed by atoms with Crippen molar-refractivity contribution in [2.75, 3.05) is 12.4 Å². The van der Waals surface area contributed by atoms with Gasteiger partial charge in [-0.25, -0.2) is 4.98 Å². The number of nitrogens with zero attached hydrogens (tertiary/aromatic N) is 1. The average molecular weight is 243 g/mol. The summed E-state index contributed by atoms with van der Waals surface area (Å²) in [4.78, 5) is 4.18. The Labute approximate surface area is 102 Å². The van der Waals surface area contributed by atoms with Crippen molar-refractivity contribution in [1.82, 2.24) is 4.98 Å². The lowest BCUT2D eigenvalue weighted by atomic mass is 10.00. The molecular formula is C12H19ClN2O. The third-order valence-electron chi connectivity index (χ3n) is 2.46. The summed E-state index contributed by atoms with van der Waals surface area (Å²) in [7, 11) is 1.73. The molecule has 0 aliphatic carbocycles. The van der Waals surface area contributed by atoms with Crippen LogP contribution in [-0.2, 0) is 4.74 Å². The van der Waals surface area contributed by atoms with Crippen molar-refractivity contribution in [1.29, 1.82) is 0 Å². The fraction of sp³-hybridized carbons (Fsp3) is 0.583. The maximum absolute atomic E-state index is 5.81. The number of nitrogens with one attached hydrogen (secondary N) is 1. The monoisotopic (exact) mass is 242 g/mol. The molecule has 0 spiro atoms. The first-order chi connectivity index (χ1) is 7.43. The molecule has 90 valence electrons. The summed E-state index contributed by atoms with van der Waals surface area (Å²) in [5, 5.41) is 3.80. The van der Waals surface area contributed by atoms with Crippen molar-refractivity contribution < 1.29 is 4.74 Å². The molecule has 1 aromatic heterocycles. The molecule has 1 unspecified atom stereocenters. The van der Waals surface area contributed by atoms with Crippen molar-refractivity contribution in [3.05, 3.63) is 23.4 Å². The number of rotatable bonds is 5. The molecule has 0 aromatic carbocycles. The second-order valence-electron chi connectivity index (χ2n) is 4.56. The van der Waals surface area contributed by atoms with Crippen LogP contribution >= 0.6 is 11.6 Å². The molecule has 0 aliphatic rings. The van der Waals surface area contributed by atoms with Gasteiger partial charge in [0.05, 0.1) is 5.60 Å². The number of hydrogen-bond donors (Lipinski definition) is 1. The molecule has 0 saturated heterocycles. The predicted octanol–water partition coefficient (Wildman–Crippen LogP) is 3.35. The Kier molecular flexibility index (Phi) is 4.56. The third kappa shape index (κ3) is 4.37. The van der Waals surface area contributed by atoms with Gasteiger partial charge in [-0.15, -0.1) is 0 Å². The van der Waals surface area contributed by atoms with Gasteiger partial charge in [0.1, 0.15) is 11.0 Å². The second kappa shape index (κ2) is 5.51. The van der Waals surface area contributed by atoms with Crippen LogP contribution in [0.2, 0.25) is 5.15 Å². The van der Waals surface area contributed by atoms with Crippen molar-refractivity contribution in [2.45, 2.75) is 38.8 Å². The number of halogens is 1. The number of methoxy groups -OCH3 is 1. The first-order valence-corrected chi connectivity index (χ1v) is 5.75.